The van der Waals surface area contributed by atoms with Crippen molar-refractivity contribution in [2.24, 2.45) is 0 Å². The van der Waals surface area contributed by atoms with E-state index >= 15 is 0 Å². The van der Waals surface area contributed by atoms with Gasteiger partial charge in [-0.1, -0.05) is 73.9 Å². The van der Waals surface area contributed by atoms with Gasteiger partial charge in [-0.05, 0) is 55.0 Å². The number of amides is 1. The highest BCUT2D eigenvalue weighted by molar-refractivity contribution is 5.89. The maximum absolute atomic E-state index is 12.3. The Labute approximate surface area is 217 Å². The van der Waals surface area contributed by atoms with Gasteiger partial charge >= 0.3 is 0 Å². The van der Waals surface area contributed by atoms with E-state index in [-0.39, 0.29) is 5.91 Å². The van der Waals surface area contributed by atoms with Crippen LogP contribution >= 0.6 is 0 Å². The number of aryl methyl sites for hydroxylation is 3. The van der Waals surface area contributed by atoms with Crippen LogP contribution in [0.25, 0.3) is 22.5 Å². The molecular formula is C30H32N6O. The van der Waals surface area contributed by atoms with Crippen molar-refractivity contribution >= 4 is 11.7 Å². The van der Waals surface area contributed by atoms with Crippen LogP contribution in [0.5, 0.6) is 0 Å². The molecule has 0 atom stereocenters. The van der Waals surface area contributed by atoms with Gasteiger partial charge < -0.3 is 5.32 Å². The Kier molecular flexibility index (Phi) is 7.79. The lowest BCUT2D eigenvalue weighted by atomic mass is 9.89. The van der Waals surface area contributed by atoms with E-state index in [1.165, 1.54) is 16.7 Å². The molecule has 1 aliphatic carbocycles. The number of carbonyl (C=O) groups excluding carboxylic acids is 1. The molecule has 2 heterocycles. The smallest absolute Gasteiger partial charge is 0.225 e. The van der Waals surface area contributed by atoms with Crippen LogP contribution in [0, 0.1) is 5.41 Å². The summed E-state index contributed by atoms with van der Waals surface area (Å²) in [4.78, 5) is 12.3. The molecule has 5 rings (SSSR count). The first-order valence-corrected chi connectivity index (χ1v) is 13.1. The zero-order chi connectivity index (χ0) is 25.5. The van der Waals surface area contributed by atoms with E-state index in [1.54, 1.807) is 6.07 Å². The van der Waals surface area contributed by atoms with Gasteiger partial charge in [0.25, 0.3) is 0 Å². The molecule has 0 unspecified atom stereocenters. The highest BCUT2D eigenvalue weighted by Gasteiger charge is 2.18. The molecule has 2 aromatic heterocycles. The van der Waals surface area contributed by atoms with E-state index < -0.39 is 0 Å². The first-order valence-electron chi connectivity index (χ1n) is 13.1. The van der Waals surface area contributed by atoms with Crippen molar-refractivity contribution in [3.63, 3.8) is 0 Å². The quantitative estimate of drug-likeness (QED) is 0.283. The molecule has 0 fully saturated rings. The standard InChI is InChI=1S/C30H32N6O/c31-27-21-24-17-16-22-11-8-9-14-25(22)30(24)35-36(27)20-10-3-1-2-7-15-29(37)32-28-19-18-26(33-34-28)23-12-5-4-6-13-23/h4-6,8-9,11-14,18-19,21,31H,1-3,7,10,15-17,20H2,(H,32,34,37). The van der Waals surface area contributed by atoms with E-state index in [1.807, 2.05) is 47.1 Å². The number of aromatic nitrogens is 4. The zero-order valence-corrected chi connectivity index (χ0v) is 21.0. The van der Waals surface area contributed by atoms with Crippen LogP contribution in [-0.2, 0) is 24.2 Å². The fourth-order valence-corrected chi connectivity index (χ4v) is 4.82. The SMILES string of the molecule is N=c1cc2c(nn1CCCCCCCC(=O)Nc1ccc(-c3ccccc3)nn1)-c1ccccc1CC2. The van der Waals surface area contributed by atoms with Gasteiger partial charge in [0.1, 0.15) is 5.49 Å². The molecule has 1 amide bonds. The average Bonchev–Trinajstić information content (AvgIpc) is 2.93. The van der Waals surface area contributed by atoms with Crippen molar-refractivity contribution in [1.82, 2.24) is 20.0 Å². The minimum atomic E-state index is -0.0327. The van der Waals surface area contributed by atoms with Crippen LogP contribution in [0.3, 0.4) is 0 Å². The predicted molar refractivity (Wildman–Crippen MR) is 145 cm³/mol. The summed E-state index contributed by atoms with van der Waals surface area (Å²) >= 11 is 0. The fourth-order valence-electron chi connectivity index (χ4n) is 4.82. The lowest BCUT2D eigenvalue weighted by Crippen LogP contribution is -2.25. The first kappa shape index (κ1) is 24.6. The number of fused-ring (bicyclic) bond motifs is 3. The molecule has 0 saturated heterocycles. The van der Waals surface area contributed by atoms with E-state index in [0.29, 0.717) is 17.7 Å². The average molecular weight is 493 g/mol. The van der Waals surface area contributed by atoms with Crippen LogP contribution in [-0.4, -0.2) is 25.9 Å². The second-order valence-electron chi connectivity index (χ2n) is 9.52. The molecule has 7 nitrogen and oxygen atoms in total. The summed E-state index contributed by atoms with van der Waals surface area (Å²) in [6.07, 6.45) is 7.35. The minimum absolute atomic E-state index is 0.0327. The van der Waals surface area contributed by atoms with Crippen molar-refractivity contribution in [3.8, 4) is 22.5 Å². The Morgan fingerprint density at radius 2 is 1.59 bits per heavy atom. The number of hydrogen-bond acceptors (Lipinski definition) is 5. The molecular weight excluding hydrogens is 460 g/mol. The number of unbranched alkanes of at least 4 members (excludes halogenated alkanes) is 4. The Balaban J connectivity index is 1.02. The Morgan fingerprint density at radius 3 is 2.43 bits per heavy atom. The first-order chi connectivity index (χ1) is 18.2. The van der Waals surface area contributed by atoms with E-state index in [9.17, 15) is 4.79 Å². The van der Waals surface area contributed by atoms with Crippen LogP contribution in [0.15, 0.2) is 72.8 Å². The number of nitrogens with zero attached hydrogens (tertiary/aromatic N) is 4. The zero-order valence-electron chi connectivity index (χ0n) is 21.0. The monoisotopic (exact) mass is 492 g/mol. The van der Waals surface area contributed by atoms with Crippen molar-refractivity contribution in [2.45, 2.75) is 57.9 Å². The minimum Gasteiger partial charge on any atom is -0.309 e. The second-order valence-corrected chi connectivity index (χ2v) is 9.52. The fraction of sp³-hybridized carbons (Fsp3) is 0.300. The Bertz CT molecular complexity index is 1410. The normalized spacial score (nSPS) is 12.0. The number of anilines is 1. The lowest BCUT2D eigenvalue weighted by molar-refractivity contribution is -0.116. The van der Waals surface area contributed by atoms with Crippen LogP contribution in [0.2, 0.25) is 0 Å². The van der Waals surface area contributed by atoms with Gasteiger partial charge in [-0.3, -0.25) is 10.2 Å². The van der Waals surface area contributed by atoms with Crippen molar-refractivity contribution in [3.05, 3.63) is 89.4 Å². The largest absolute Gasteiger partial charge is 0.309 e. The number of rotatable bonds is 10. The highest BCUT2D eigenvalue weighted by atomic mass is 16.1. The van der Waals surface area contributed by atoms with Gasteiger partial charge in [0.15, 0.2) is 5.82 Å². The lowest BCUT2D eigenvalue weighted by Gasteiger charge is -2.20. The van der Waals surface area contributed by atoms with E-state index in [4.69, 9.17) is 10.5 Å². The van der Waals surface area contributed by atoms with Gasteiger partial charge in [-0.15, -0.1) is 10.2 Å². The van der Waals surface area contributed by atoms with Crippen molar-refractivity contribution < 1.29 is 4.79 Å². The molecule has 0 bridgehead atoms. The topological polar surface area (TPSA) is 96.5 Å². The summed E-state index contributed by atoms with van der Waals surface area (Å²) in [6, 6.07) is 23.9. The van der Waals surface area contributed by atoms with Gasteiger partial charge in [-0.25, -0.2) is 4.68 Å². The molecule has 2 N–H and O–H groups in total. The second kappa shape index (κ2) is 11.7. The molecule has 0 spiro atoms. The summed E-state index contributed by atoms with van der Waals surface area (Å²) in [6.45, 7) is 0.742. The molecule has 4 aromatic rings. The molecule has 37 heavy (non-hydrogen) atoms. The summed E-state index contributed by atoms with van der Waals surface area (Å²) in [5, 5.41) is 24.4. The third-order valence-corrected chi connectivity index (χ3v) is 6.83. The number of nitrogens with one attached hydrogen (secondary N) is 2. The maximum atomic E-state index is 12.3. The number of benzene rings is 2. The summed E-state index contributed by atoms with van der Waals surface area (Å²) < 4.78 is 1.83. The van der Waals surface area contributed by atoms with Gasteiger partial charge in [-0.2, -0.15) is 5.10 Å². The molecule has 1 aliphatic rings. The van der Waals surface area contributed by atoms with Gasteiger partial charge in [0.05, 0.1) is 11.4 Å². The summed E-state index contributed by atoms with van der Waals surface area (Å²) in [5.74, 6) is 0.447. The van der Waals surface area contributed by atoms with Gasteiger partial charge in [0, 0.05) is 24.1 Å². The van der Waals surface area contributed by atoms with Crippen LogP contribution < -0.4 is 10.8 Å². The molecule has 2 aromatic carbocycles. The molecule has 0 saturated carbocycles. The molecule has 188 valence electrons. The Morgan fingerprint density at radius 1 is 0.838 bits per heavy atom. The number of carbonyl (C=O) groups is 1. The van der Waals surface area contributed by atoms with Crippen LogP contribution in [0.1, 0.15) is 49.7 Å². The van der Waals surface area contributed by atoms with E-state index in [2.05, 4.69) is 39.8 Å². The third-order valence-electron chi connectivity index (χ3n) is 6.83. The molecule has 0 aliphatic heterocycles. The van der Waals surface area contributed by atoms with Crippen molar-refractivity contribution in [2.75, 3.05) is 5.32 Å². The summed E-state index contributed by atoms with van der Waals surface area (Å²) in [7, 11) is 0. The molecule has 0 radical (unpaired) electrons. The van der Waals surface area contributed by atoms with Gasteiger partial charge in [0.2, 0.25) is 5.91 Å². The maximum Gasteiger partial charge on any atom is 0.225 e. The highest BCUT2D eigenvalue weighted by Crippen LogP contribution is 2.30. The summed E-state index contributed by atoms with van der Waals surface area (Å²) in [5.41, 5.74) is 7.01. The third kappa shape index (κ3) is 6.17. The number of hydrogen-bond donors (Lipinski definition) is 2. The molecule has 7 heteroatoms. The van der Waals surface area contributed by atoms with Crippen molar-refractivity contribution in [1.29, 1.82) is 5.41 Å². The Hall–Kier alpha value is -4.13. The van der Waals surface area contributed by atoms with E-state index in [0.717, 1.165) is 68.4 Å². The predicted octanol–water partition coefficient (Wildman–Crippen LogP) is 5.56. The van der Waals surface area contributed by atoms with Crippen LogP contribution in [0.4, 0.5) is 5.82 Å².